The third-order valence-electron chi connectivity index (χ3n) is 3.97. The molecule has 1 aromatic rings. The highest BCUT2D eigenvalue weighted by molar-refractivity contribution is 5.66. The number of piperidine rings is 1. The molecule has 1 aliphatic heterocycles. The molecule has 5 heteroatoms. The molecule has 0 spiro atoms. The van der Waals surface area contributed by atoms with E-state index < -0.39 is 0 Å². The highest BCUT2D eigenvalue weighted by Crippen LogP contribution is 2.31. The number of nitrogens with zero attached hydrogens (tertiary/aromatic N) is 3. The smallest absolute Gasteiger partial charge is 0.150 e. The van der Waals surface area contributed by atoms with Gasteiger partial charge in [0.2, 0.25) is 0 Å². The van der Waals surface area contributed by atoms with Gasteiger partial charge in [-0.1, -0.05) is 0 Å². The summed E-state index contributed by atoms with van der Waals surface area (Å²) in [4.78, 5) is 2.30. The van der Waals surface area contributed by atoms with Gasteiger partial charge >= 0.3 is 0 Å². The van der Waals surface area contributed by atoms with Crippen LogP contribution in [0.1, 0.15) is 32.4 Å². The lowest BCUT2D eigenvalue weighted by atomic mass is 9.92. The second-order valence-corrected chi connectivity index (χ2v) is 5.20. The Morgan fingerprint density at radius 3 is 2.56 bits per heavy atom. The zero-order valence-electron chi connectivity index (χ0n) is 11.6. The van der Waals surface area contributed by atoms with Crippen LogP contribution < -0.4 is 10.6 Å². The number of nitrogen functional groups attached to an aromatic ring is 1. The van der Waals surface area contributed by atoms with Crippen LogP contribution in [-0.2, 0) is 6.54 Å². The number of hydrogen-bond acceptors (Lipinski definition) is 4. The molecule has 2 rings (SSSR count). The monoisotopic (exact) mass is 252 g/mol. The molecule has 0 bridgehead atoms. The number of rotatable bonds is 3. The number of hydrogen-bond donors (Lipinski definition) is 2. The third-order valence-corrected chi connectivity index (χ3v) is 3.97. The molecule has 1 saturated heterocycles. The summed E-state index contributed by atoms with van der Waals surface area (Å²) in [5, 5.41) is 14.1. The number of aliphatic hydroxyl groups excluding tert-OH is 1. The van der Waals surface area contributed by atoms with Crippen molar-refractivity contribution in [3.8, 4) is 0 Å². The molecule has 1 fully saturated rings. The van der Waals surface area contributed by atoms with Gasteiger partial charge in [0.1, 0.15) is 0 Å². The van der Waals surface area contributed by atoms with Crippen molar-refractivity contribution in [1.82, 2.24) is 9.78 Å². The van der Waals surface area contributed by atoms with Gasteiger partial charge in [0.05, 0.1) is 17.5 Å². The lowest BCUT2D eigenvalue weighted by molar-refractivity contribution is 0.109. The summed E-state index contributed by atoms with van der Waals surface area (Å²) >= 11 is 0. The van der Waals surface area contributed by atoms with E-state index in [0.717, 1.165) is 49.7 Å². The van der Waals surface area contributed by atoms with Crippen LogP contribution in [0.2, 0.25) is 0 Å². The summed E-state index contributed by atoms with van der Waals surface area (Å²) in [7, 11) is 0. The molecule has 5 nitrogen and oxygen atoms in total. The van der Waals surface area contributed by atoms with Crippen LogP contribution in [0, 0.1) is 12.8 Å². The Kier molecular flexibility index (Phi) is 3.80. The predicted octanol–water partition coefficient (Wildman–Crippen LogP) is 1.39. The van der Waals surface area contributed by atoms with Crippen molar-refractivity contribution in [3.05, 3.63) is 5.69 Å². The number of anilines is 2. The Balaban J connectivity index is 2.14. The van der Waals surface area contributed by atoms with E-state index in [-0.39, 0.29) is 6.10 Å². The second kappa shape index (κ2) is 5.18. The summed E-state index contributed by atoms with van der Waals surface area (Å²) in [6.07, 6.45) is 1.83. The molecule has 1 atom stereocenters. The van der Waals surface area contributed by atoms with Crippen molar-refractivity contribution >= 4 is 11.5 Å². The Morgan fingerprint density at radius 2 is 2.06 bits per heavy atom. The van der Waals surface area contributed by atoms with Gasteiger partial charge in [-0.25, -0.2) is 4.68 Å². The van der Waals surface area contributed by atoms with Crippen LogP contribution in [0.15, 0.2) is 0 Å². The van der Waals surface area contributed by atoms with Gasteiger partial charge < -0.3 is 15.7 Å². The molecule has 0 aliphatic carbocycles. The van der Waals surface area contributed by atoms with E-state index in [9.17, 15) is 5.11 Å². The molecule has 0 aromatic carbocycles. The molecule has 1 unspecified atom stereocenters. The number of aliphatic hydroxyl groups is 1. The zero-order chi connectivity index (χ0) is 13.3. The number of aromatic nitrogens is 2. The lowest BCUT2D eigenvalue weighted by Gasteiger charge is -2.35. The number of nitrogens with two attached hydrogens (primary N) is 1. The topological polar surface area (TPSA) is 67.3 Å². The van der Waals surface area contributed by atoms with E-state index in [1.807, 2.05) is 18.5 Å². The molecule has 1 aromatic heterocycles. The maximum Gasteiger partial charge on any atom is 0.150 e. The minimum atomic E-state index is -0.206. The fraction of sp³-hybridized carbons (Fsp3) is 0.769. The normalized spacial score (nSPS) is 19.2. The van der Waals surface area contributed by atoms with Crippen LogP contribution in [-0.4, -0.2) is 34.1 Å². The van der Waals surface area contributed by atoms with E-state index in [2.05, 4.69) is 16.9 Å². The minimum absolute atomic E-state index is 0.206. The maximum absolute atomic E-state index is 9.63. The fourth-order valence-electron chi connectivity index (χ4n) is 2.73. The van der Waals surface area contributed by atoms with E-state index >= 15 is 0 Å². The molecule has 0 radical (unpaired) electrons. The van der Waals surface area contributed by atoms with Crippen LogP contribution in [0.5, 0.6) is 0 Å². The van der Waals surface area contributed by atoms with E-state index in [1.165, 1.54) is 0 Å². The molecule has 2 heterocycles. The standard InChI is InChI=1S/C13H24N4O/c1-4-17-13(12(14)9(2)15-17)16-7-5-11(6-8-16)10(3)18/h10-11,18H,4-8,14H2,1-3H3. The molecule has 0 amide bonds. The van der Waals surface area contributed by atoms with Gasteiger partial charge in [-0.15, -0.1) is 0 Å². The quantitative estimate of drug-likeness (QED) is 0.853. The van der Waals surface area contributed by atoms with E-state index in [4.69, 9.17) is 5.73 Å². The van der Waals surface area contributed by atoms with Crippen LogP contribution in [0.4, 0.5) is 11.5 Å². The SMILES string of the molecule is CCn1nc(C)c(N)c1N1CCC(C(C)O)CC1. The van der Waals surface area contributed by atoms with Crippen molar-refractivity contribution in [2.24, 2.45) is 5.92 Å². The summed E-state index contributed by atoms with van der Waals surface area (Å²) in [6, 6.07) is 0. The first-order chi connectivity index (χ1) is 8.54. The summed E-state index contributed by atoms with van der Waals surface area (Å²) in [6.45, 7) is 8.65. The lowest BCUT2D eigenvalue weighted by Crippen LogP contribution is -2.38. The first-order valence-electron chi connectivity index (χ1n) is 6.80. The van der Waals surface area contributed by atoms with Gasteiger partial charge in [-0.05, 0) is 39.5 Å². The molecule has 0 saturated carbocycles. The fourth-order valence-corrected chi connectivity index (χ4v) is 2.73. The molecule has 3 N–H and O–H groups in total. The maximum atomic E-state index is 9.63. The number of aryl methyl sites for hydroxylation is 2. The third kappa shape index (κ3) is 2.32. The molecule has 1 aliphatic rings. The molecule has 102 valence electrons. The van der Waals surface area contributed by atoms with Crippen LogP contribution in [0.3, 0.4) is 0 Å². The Bertz CT molecular complexity index is 405. The Morgan fingerprint density at radius 1 is 1.44 bits per heavy atom. The van der Waals surface area contributed by atoms with Crippen molar-refractivity contribution < 1.29 is 5.11 Å². The summed E-state index contributed by atoms with van der Waals surface area (Å²) in [5.74, 6) is 1.47. The average molecular weight is 252 g/mol. The first kappa shape index (κ1) is 13.2. The van der Waals surface area contributed by atoms with E-state index in [0.29, 0.717) is 5.92 Å². The largest absolute Gasteiger partial charge is 0.394 e. The minimum Gasteiger partial charge on any atom is -0.394 e. The van der Waals surface area contributed by atoms with Crippen LogP contribution in [0.25, 0.3) is 0 Å². The van der Waals surface area contributed by atoms with Gasteiger partial charge in [-0.3, -0.25) is 0 Å². The van der Waals surface area contributed by atoms with Gasteiger partial charge in [0.15, 0.2) is 5.82 Å². The highest BCUT2D eigenvalue weighted by Gasteiger charge is 2.26. The van der Waals surface area contributed by atoms with Crippen molar-refractivity contribution in [2.45, 2.75) is 46.3 Å². The zero-order valence-corrected chi connectivity index (χ0v) is 11.6. The molecular formula is C13H24N4O. The van der Waals surface area contributed by atoms with Crippen LogP contribution >= 0.6 is 0 Å². The average Bonchev–Trinajstić information content (AvgIpc) is 2.65. The predicted molar refractivity (Wildman–Crippen MR) is 73.7 cm³/mol. The van der Waals surface area contributed by atoms with E-state index in [1.54, 1.807) is 0 Å². The van der Waals surface area contributed by atoms with Crippen molar-refractivity contribution in [2.75, 3.05) is 23.7 Å². The summed E-state index contributed by atoms with van der Waals surface area (Å²) in [5.41, 5.74) is 7.84. The molecular weight excluding hydrogens is 228 g/mol. The van der Waals surface area contributed by atoms with Gasteiger partial charge in [0.25, 0.3) is 0 Å². The van der Waals surface area contributed by atoms with Crippen molar-refractivity contribution in [1.29, 1.82) is 0 Å². The first-order valence-corrected chi connectivity index (χ1v) is 6.80. The van der Waals surface area contributed by atoms with Crippen molar-refractivity contribution in [3.63, 3.8) is 0 Å². The second-order valence-electron chi connectivity index (χ2n) is 5.20. The summed E-state index contributed by atoms with van der Waals surface area (Å²) < 4.78 is 1.98. The highest BCUT2D eigenvalue weighted by atomic mass is 16.3. The van der Waals surface area contributed by atoms with Gasteiger partial charge in [-0.2, -0.15) is 5.10 Å². The molecule has 18 heavy (non-hydrogen) atoms. The Labute approximate surface area is 109 Å². The van der Waals surface area contributed by atoms with Gasteiger partial charge in [0, 0.05) is 19.6 Å². The Hall–Kier alpha value is -1.23.